The van der Waals surface area contributed by atoms with Crippen LogP contribution in [0.4, 0.5) is 0 Å². The highest BCUT2D eigenvalue weighted by Gasteiger charge is 2.36. The van der Waals surface area contributed by atoms with Crippen LogP contribution in [-0.2, 0) is 27.8 Å². The minimum atomic E-state index is -0.793. The van der Waals surface area contributed by atoms with Crippen molar-refractivity contribution in [2.45, 2.75) is 37.5 Å². The van der Waals surface area contributed by atoms with Crippen molar-refractivity contribution < 1.29 is 14.6 Å². The monoisotopic (exact) mass is 358 g/mol. The van der Waals surface area contributed by atoms with Gasteiger partial charge in [0.15, 0.2) is 0 Å². The van der Waals surface area contributed by atoms with Gasteiger partial charge in [-0.1, -0.05) is 48.0 Å². The van der Waals surface area contributed by atoms with Crippen LogP contribution in [0, 0.1) is 0 Å². The molecule has 0 spiro atoms. The average molecular weight is 359 g/mol. The number of aliphatic carboxylic acids is 1. The number of rotatable bonds is 7. The molecule has 1 N–H and O–H groups in total. The van der Waals surface area contributed by atoms with Gasteiger partial charge in [0.2, 0.25) is 0 Å². The molecule has 1 fully saturated rings. The van der Waals surface area contributed by atoms with Gasteiger partial charge in [0.05, 0.1) is 13.0 Å². The number of aryl methyl sites for hydroxylation is 1. The molecule has 1 saturated heterocycles. The fourth-order valence-corrected chi connectivity index (χ4v) is 3.74. The van der Waals surface area contributed by atoms with Crippen molar-refractivity contribution in [3.05, 3.63) is 70.2 Å². The Balaban J connectivity index is 1.61. The summed E-state index contributed by atoms with van der Waals surface area (Å²) in [6.07, 6.45) is 4.27. The Morgan fingerprint density at radius 2 is 1.76 bits per heavy atom. The summed E-state index contributed by atoms with van der Waals surface area (Å²) >= 11 is 6.02. The second-order valence-corrected chi connectivity index (χ2v) is 7.27. The van der Waals surface area contributed by atoms with E-state index < -0.39 is 5.97 Å². The molecule has 1 heterocycles. The standard InChI is InChI=1S/C21H23ClO3/c22-19-9-7-18(8-10-19)21(12-13-25-15-21)11-1-2-16-3-5-17(6-4-16)14-20(23)24/h3-10H,1-2,11-15H2,(H,23,24). The number of halogens is 1. The maximum absolute atomic E-state index is 10.7. The highest BCUT2D eigenvalue weighted by Crippen LogP contribution is 2.38. The molecule has 0 saturated carbocycles. The van der Waals surface area contributed by atoms with Gasteiger partial charge in [-0.3, -0.25) is 4.79 Å². The summed E-state index contributed by atoms with van der Waals surface area (Å²) in [5, 5.41) is 9.60. The molecule has 1 aliphatic heterocycles. The van der Waals surface area contributed by atoms with Crippen molar-refractivity contribution in [1.29, 1.82) is 0 Å². The molecule has 0 aliphatic carbocycles. The van der Waals surface area contributed by atoms with Crippen molar-refractivity contribution in [1.82, 2.24) is 0 Å². The zero-order chi connectivity index (χ0) is 17.7. The van der Waals surface area contributed by atoms with Gasteiger partial charge >= 0.3 is 5.97 Å². The zero-order valence-corrected chi connectivity index (χ0v) is 15.0. The minimum Gasteiger partial charge on any atom is -0.481 e. The van der Waals surface area contributed by atoms with Crippen LogP contribution in [0.1, 0.15) is 36.0 Å². The Bertz CT molecular complexity index is 701. The fraction of sp³-hybridized carbons (Fsp3) is 0.381. The quantitative estimate of drug-likeness (QED) is 0.783. The van der Waals surface area contributed by atoms with E-state index >= 15 is 0 Å². The summed E-state index contributed by atoms with van der Waals surface area (Å²) in [6.45, 7) is 1.58. The van der Waals surface area contributed by atoms with Gasteiger partial charge in [-0.15, -0.1) is 0 Å². The van der Waals surface area contributed by atoms with Gasteiger partial charge in [0.25, 0.3) is 0 Å². The van der Waals surface area contributed by atoms with Crippen molar-refractivity contribution in [2.75, 3.05) is 13.2 Å². The van der Waals surface area contributed by atoms with E-state index in [4.69, 9.17) is 21.4 Å². The average Bonchev–Trinajstić information content (AvgIpc) is 3.06. The number of carboxylic acids is 1. The van der Waals surface area contributed by atoms with E-state index in [9.17, 15) is 4.79 Å². The van der Waals surface area contributed by atoms with Crippen LogP contribution in [0.2, 0.25) is 5.02 Å². The molecule has 0 amide bonds. The van der Waals surface area contributed by atoms with Crippen LogP contribution in [-0.4, -0.2) is 24.3 Å². The third-order valence-electron chi connectivity index (χ3n) is 5.06. The van der Waals surface area contributed by atoms with E-state index in [0.29, 0.717) is 0 Å². The highest BCUT2D eigenvalue weighted by molar-refractivity contribution is 6.30. The van der Waals surface area contributed by atoms with Gasteiger partial charge < -0.3 is 9.84 Å². The van der Waals surface area contributed by atoms with E-state index in [1.54, 1.807) is 0 Å². The number of carboxylic acid groups (broad SMARTS) is 1. The molecule has 1 atom stereocenters. The van der Waals surface area contributed by atoms with Gasteiger partial charge in [-0.2, -0.15) is 0 Å². The fourth-order valence-electron chi connectivity index (χ4n) is 3.61. The highest BCUT2D eigenvalue weighted by atomic mass is 35.5. The van der Waals surface area contributed by atoms with Crippen LogP contribution in [0.25, 0.3) is 0 Å². The molecule has 2 aromatic rings. The summed E-state index contributed by atoms with van der Waals surface area (Å²) in [4.78, 5) is 10.7. The molecule has 2 aromatic carbocycles. The van der Waals surface area contributed by atoms with Crippen LogP contribution >= 0.6 is 11.6 Å². The smallest absolute Gasteiger partial charge is 0.307 e. The summed E-state index contributed by atoms with van der Waals surface area (Å²) in [7, 11) is 0. The summed E-state index contributed by atoms with van der Waals surface area (Å²) in [5.41, 5.74) is 3.50. The van der Waals surface area contributed by atoms with Gasteiger partial charge in [0, 0.05) is 17.0 Å². The molecule has 3 rings (SSSR count). The van der Waals surface area contributed by atoms with Crippen LogP contribution in [0.5, 0.6) is 0 Å². The van der Waals surface area contributed by atoms with Crippen molar-refractivity contribution >= 4 is 17.6 Å². The Morgan fingerprint density at radius 3 is 2.36 bits per heavy atom. The lowest BCUT2D eigenvalue weighted by atomic mass is 9.75. The topological polar surface area (TPSA) is 46.5 Å². The van der Waals surface area contributed by atoms with E-state index in [2.05, 4.69) is 12.1 Å². The first kappa shape index (κ1) is 18.0. The molecule has 132 valence electrons. The number of ether oxygens (including phenoxy) is 1. The Morgan fingerprint density at radius 1 is 1.08 bits per heavy atom. The maximum atomic E-state index is 10.7. The molecule has 3 nitrogen and oxygen atoms in total. The maximum Gasteiger partial charge on any atom is 0.307 e. The Kier molecular flexibility index (Phi) is 5.77. The molecule has 0 radical (unpaired) electrons. The number of hydrogen-bond acceptors (Lipinski definition) is 2. The molecular formula is C21H23ClO3. The predicted molar refractivity (Wildman–Crippen MR) is 99.3 cm³/mol. The number of benzene rings is 2. The third kappa shape index (κ3) is 4.62. The first-order valence-electron chi connectivity index (χ1n) is 8.71. The number of hydrogen-bond donors (Lipinski definition) is 1. The summed E-state index contributed by atoms with van der Waals surface area (Å²) in [6, 6.07) is 16.1. The molecule has 4 heteroatoms. The van der Waals surface area contributed by atoms with Gasteiger partial charge in [-0.05, 0) is 54.5 Å². The van der Waals surface area contributed by atoms with Crippen LogP contribution in [0.3, 0.4) is 0 Å². The lowest BCUT2D eigenvalue weighted by Crippen LogP contribution is -2.26. The van der Waals surface area contributed by atoms with Crippen molar-refractivity contribution in [2.24, 2.45) is 0 Å². The molecular weight excluding hydrogens is 336 g/mol. The van der Waals surface area contributed by atoms with Crippen LogP contribution < -0.4 is 0 Å². The van der Waals surface area contributed by atoms with Crippen molar-refractivity contribution in [3.8, 4) is 0 Å². The Labute approximate surface area is 153 Å². The lowest BCUT2D eigenvalue weighted by Gasteiger charge is -2.28. The third-order valence-corrected chi connectivity index (χ3v) is 5.31. The van der Waals surface area contributed by atoms with Crippen LogP contribution in [0.15, 0.2) is 48.5 Å². The normalized spacial score (nSPS) is 19.9. The van der Waals surface area contributed by atoms with E-state index in [1.807, 2.05) is 36.4 Å². The lowest BCUT2D eigenvalue weighted by molar-refractivity contribution is -0.136. The summed E-state index contributed by atoms with van der Waals surface area (Å²) in [5.74, 6) is -0.793. The molecule has 25 heavy (non-hydrogen) atoms. The first-order chi connectivity index (χ1) is 12.1. The minimum absolute atomic E-state index is 0.0807. The zero-order valence-electron chi connectivity index (χ0n) is 14.2. The second-order valence-electron chi connectivity index (χ2n) is 6.83. The van der Waals surface area contributed by atoms with Gasteiger partial charge in [-0.25, -0.2) is 0 Å². The second kappa shape index (κ2) is 8.03. The molecule has 0 aromatic heterocycles. The SMILES string of the molecule is O=C(O)Cc1ccc(CCCC2(c3ccc(Cl)cc3)CCOC2)cc1. The van der Waals surface area contributed by atoms with Crippen molar-refractivity contribution in [3.63, 3.8) is 0 Å². The molecule has 0 bridgehead atoms. The first-order valence-corrected chi connectivity index (χ1v) is 9.09. The molecule has 1 unspecified atom stereocenters. The predicted octanol–water partition coefficient (Wildman–Crippen LogP) is 4.65. The molecule has 1 aliphatic rings. The summed E-state index contributed by atoms with van der Waals surface area (Å²) < 4.78 is 5.71. The van der Waals surface area contributed by atoms with E-state index in [0.717, 1.165) is 49.5 Å². The Hall–Kier alpha value is -1.84. The van der Waals surface area contributed by atoms with E-state index in [1.165, 1.54) is 11.1 Å². The number of carbonyl (C=O) groups is 1. The van der Waals surface area contributed by atoms with E-state index in [-0.39, 0.29) is 11.8 Å². The largest absolute Gasteiger partial charge is 0.481 e. The van der Waals surface area contributed by atoms with Gasteiger partial charge in [0.1, 0.15) is 0 Å².